The summed E-state index contributed by atoms with van der Waals surface area (Å²) < 4.78 is 6.05. The molecule has 0 aromatic carbocycles. The van der Waals surface area contributed by atoms with Gasteiger partial charge < -0.3 is 14.9 Å². The topological polar surface area (TPSA) is 49.7 Å². The number of hydrogen-bond acceptors (Lipinski definition) is 3. The van der Waals surface area contributed by atoms with Crippen LogP contribution in [-0.4, -0.2) is 34.1 Å². The molecular formula is C14H24O3. The molecule has 1 saturated carbocycles. The predicted molar refractivity (Wildman–Crippen MR) is 64.5 cm³/mol. The van der Waals surface area contributed by atoms with Gasteiger partial charge in [0.05, 0.1) is 18.3 Å². The molecule has 0 unspecified atom stereocenters. The lowest BCUT2D eigenvalue weighted by molar-refractivity contribution is -0.236. The lowest BCUT2D eigenvalue weighted by Crippen LogP contribution is -2.60. The van der Waals surface area contributed by atoms with E-state index in [1.54, 1.807) is 6.92 Å². The first-order valence-corrected chi connectivity index (χ1v) is 6.88. The number of fused-ring (bicyclic) bond motifs is 4. The Balaban J connectivity index is 1.88. The van der Waals surface area contributed by atoms with Gasteiger partial charge in [0.2, 0.25) is 0 Å². The lowest BCUT2D eigenvalue weighted by atomic mass is 9.51. The summed E-state index contributed by atoms with van der Waals surface area (Å²) >= 11 is 0. The number of aliphatic hydroxyl groups excluding tert-OH is 1. The molecule has 2 aliphatic heterocycles. The van der Waals surface area contributed by atoms with Crippen molar-refractivity contribution in [3.63, 3.8) is 0 Å². The largest absolute Gasteiger partial charge is 0.390 e. The third-order valence-corrected chi connectivity index (χ3v) is 5.62. The third kappa shape index (κ3) is 1.59. The normalized spacial score (nSPS) is 56.6. The number of aliphatic hydroxyl groups is 2. The standard InChI is InChI=1S/C14H24O3/c1-13(2)7-8-9(13)6-12-14(3,16)11(15)5-4-10(8)17-12/h8-12,15-16H,4-7H2,1-3H3/t8-,9+,10-,11-,12-,14-/m0/s1. The number of hydrogen-bond donors (Lipinski definition) is 2. The second-order valence-corrected chi connectivity index (χ2v) is 7.18. The van der Waals surface area contributed by atoms with Gasteiger partial charge in [-0.15, -0.1) is 0 Å². The Morgan fingerprint density at radius 2 is 1.88 bits per heavy atom. The Bertz CT molecular complexity index is 323. The quantitative estimate of drug-likeness (QED) is 0.677. The van der Waals surface area contributed by atoms with Crippen LogP contribution in [0.2, 0.25) is 0 Å². The van der Waals surface area contributed by atoms with Crippen molar-refractivity contribution >= 4 is 0 Å². The first kappa shape index (κ1) is 11.9. The highest BCUT2D eigenvalue weighted by molar-refractivity contribution is 5.08. The maximum absolute atomic E-state index is 10.5. The maximum atomic E-state index is 10.5. The van der Waals surface area contributed by atoms with Gasteiger partial charge in [0.1, 0.15) is 5.60 Å². The van der Waals surface area contributed by atoms with Gasteiger partial charge in [0.15, 0.2) is 0 Å². The fraction of sp³-hybridized carbons (Fsp3) is 1.00. The van der Waals surface area contributed by atoms with Crippen molar-refractivity contribution in [2.24, 2.45) is 17.3 Å². The SMILES string of the molecule is CC1(C)C[C@@H]2[C@@H]3CC[C@H](O)[C@](C)(O)[C@H](C[C@H]21)O3. The van der Waals surface area contributed by atoms with Crippen LogP contribution in [0.1, 0.15) is 46.5 Å². The zero-order valence-electron chi connectivity index (χ0n) is 11.0. The van der Waals surface area contributed by atoms with Crippen molar-refractivity contribution in [1.82, 2.24) is 0 Å². The van der Waals surface area contributed by atoms with Crippen molar-refractivity contribution in [3.8, 4) is 0 Å². The van der Waals surface area contributed by atoms with Crippen molar-refractivity contribution < 1.29 is 14.9 Å². The summed E-state index contributed by atoms with van der Waals surface area (Å²) in [6, 6.07) is 0. The monoisotopic (exact) mass is 240 g/mol. The molecule has 2 heterocycles. The van der Waals surface area contributed by atoms with Gasteiger partial charge >= 0.3 is 0 Å². The highest BCUT2D eigenvalue weighted by Gasteiger charge is 2.58. The maximum Gasteiger partial charge on any atom is 0.114 e. The van der Waals surface area contributed by atoms with Crippen LogP contribution in [-0.2, 0) is 4.74 Å². The Hall–Kier alpha value is -0.120. The highest BCUT2D eigenvalue weighted by atomic mass is 16.5. The van der Waals surface area contributed by atoms with Gasteiger partial charge in [-0.25, -0.2) is 0 Å². The van der Waals surface area contributed by atoms with E-state index in [1.165, 1.54) is 6.42 Å². The van der Waals surface area contributed by atoms with Crippen LogP contribution in [0.3, 0.4) is 0 Å². The number of ether oxygens (including phenoxy) is 1. The van der Waals surface area contributed by atoms with Crippen LogP contribution >= 0.6 is 0 Å². The first-order valence-electron chi connectivity index (χ1n) is 6.88. The zero-order valence-corrected chi connectivity index (χ0v) is 11.0. The third-order valence-electron chi connectivity index (χ3n) is 5.62. The summed E-state index contributed by atoms with van der Waals surface area (Å²) in [5.74, 6) is 1.31. The Kier molecular flexibility index (Phi) is 2.43. The molecule has 0 aromatic heterocycles. The van der Waals surface area contributed by atoms with Crippen LogP contribution in [0.4, 0.5) is 0 Å². The van der Waals surface area contributed by atoms with Crippen molar-refractivity contribution in [2.75, 3.05) is 0 Å². The Labute approximate surface area is 103 Å². The molecule has 3 heteroatoms. The average molecular weight is 240 g/mol. The molecule has 3 aliphatic rings. The van der Waals surface area contributed by atoms with Crippen LogP contribution < -0.4 is 0 Å². The first-order chi connectivity index (χ1) is 7.82. The Morgan fingerprint density at radius 1 is 1.18 bits per heavy atom. The molecule has 0 amide bonds. The van der Waals surface area contributed by atoms with E-state index < -0.39 is 11.7 Å². The van der Waals surface area contributed by atoms with Gasteiger partial charge in [0, 0.05) is 0 Å². The van der Waals surface area contributed by atoms with Crippen LogP contribution in [0.15, 0.2) is 0 Å². The van der Waals surface area contributed by atoms with E-state index in [2.05, 4.69) is 13.8 Å². The lowest BCUT2D eigenvalue weighted by Gasteiger charge is -2.59. The van der Waals surface area contributed by atoms with E-state index in [1.807, 2.05) is 0 Å². The summed E-state index contributed by atoms with van der Waals surface area (Å²) in [6.45, 7) is 6.37. The van der Waals surface area contributed by atoms with Crippen LogP contribution in [0, 0.1) is 17.3 Å². The van der Waals surface area contributed by atoms with E-state index in [0.717, 1.165) is 12.8 Å². The minimum Gasteiger partial charge on any atom is -0.390 e. The second-order valence-electron chi connectivity index (χ2n) is 7.18. The minimum absolute atomic E-state index is 0.189. The summed E-state index contributed by atoms with van der Waals surface area (Å²) in [5, 5.41) is 20.5. The highest BCUT2D eigenvalue weighted by Crippen LogP contribution is 2.59. The van der Waals surface area contributed by atoms with E-state index in [0.29, 0.717) is 23.7 Å². The van der Waals surface area contributed by atoms with E-state index in [4.69, 9.17) is 4.74 Å². The fourth-order valence-electron chi connectivity index (χ4n) is 4.29. The van der Waals surface area contributed by atoms with E-state index in [-0.39, 0.29) is 12.2 Å². The van der Waals surface area contributed by atoms with Crippen molar-refractivity contribution in [3.05, 3.63) is 0 Å². The molecule has 2 saturated heterocycles. The van der Waals surface area contributed by atoms with Gasteiger partial charge in [-0.1, -0.05) is 13.8 Å². The molecule has 98 valence electrons. The fourth-order valence-corrected chi connectivity index (χ4v) is 4.29. The van der Waals surface area contributed by atoms with Gasteiger partial charge in [-0.2, -0.15) is 0 Å². The molecule has 0 spiro atoms. The molecule has 17 heavy (non-hydrogen) atoms. The van der Waals surface area contributed by atoms with Gasteiger partial charge in [0.25, 0.3) is 0 Å². The summed E-state index contributed by atoms with van der Waals surface area (Å²) in [7, 11) is 0. The molecule has 0 aromatic rings. The minimum atomic E-state index is -1.08. The van der Waals surface area contributed by atoms with Gasteiger partial charge in [-0.3, -0.25) is 0 Å². The van der Waals surface area contributed by atoms with Crippen LogP contribution in [0.25, 0.3) is 0 Å². The molecule has 3 fully saturated rings. The molecule has 6 atom stereocenters. The Morgan fingerprint density at radius 3 is 2.53 bits per heavy atom. The number of rotatable bonds is 0. The molecular weight excluding hydrogens is 216 g/mol. The summed E-state index contributed by atoms with van der Waals surface area (Å²) in [4.78, 5) is 0. The zero-order chi connectivity index (χ0) is 12.4. The van der Waals surface area contributed by atoms with Gasteiger partial charge in [-0.05, 0) is 49.9 Å². The van der Waals surface area contributed by atoms with Crippen LogP contribution in [0.5, 0.6) is 0 Å². The van der Waals surface area contributed by atoms with Crippen molar-refractivity contribution in [2.45, 2.75) is 70.4 Å². The summed E-state index contributed by atoms with van der Waals surface area (Å²) in [5.41, 5.74) is -0.693. The molecule has 0 radical (unpaired) electrons. The molecule has 3 rings (SSSR count). The molecule has 3 nitrogen and oxygen atoms in total. The molecule has 2 N–H and O–H groups in total. The smallest absolute Gasteiger partial charge is 0.114 e. The molecule has 2 bridgehead atoms. The van der Waals surface area contributed by atoms with E-state index >= 15 is 0 Å². The molecule has 1 aliphatic carbocycles. The summed E-state index contributed by atoms with van der Waals surface area (Å²) in [6.07, 6.45) is 3.12. The predicted octanol–water partition coefficient (Wildman–Crippen LogP) is 1.71. The van der Waals surface area contributed by atoms with Crippen molar-refractivity contribution in [1.29, 1.82) is 0 Å². The second kappa shape index (κ2) is 3.46. The average Bonchev–Trinajstić information content (AvgIpc) is 2.32. The van der Waals surface area contributed by atoms with E-state index in [9.17, 15) is 10.2 Å².